The van der Waals surface area contributed by atoms with Crippen molar-refractivity contribution >= 4 is 16.9 Å². The van der Waals surface area contributed by atoms with Gasteiger partial charge in [-0.15, -0.1) is 0 Å². The van der Waals surface area contributed by atoms with Crippen molar-refractivity contribution in [1.29, 1.82) is 0 Å². The van der Waals surface area contributed by atoms with Gasteiger partial charge in [-0.2, -0.15) is 0 Å². The molecule has 31 heavy (non-hydrogen) atoms. The Morgan fingerprint density at radius 1 is 1.10 bits per heavy atom. The monoisotopic (exact) mass is 420 g/mol. The van der Waals surface area contributed by atoms with E-state index in [1.165, 1.54) is 5.56 Å². The summed E-state index contributed by atoms with van der Waals surface area (Å²) in [7, 11) is 3.59. The number of piperidine rings is 1. The Labute approximate surface area is 184 Å². The number of benzene rings is 2. The van der Waals surface area contributed by atoms with Crippen molar-refractivity contribution in [2.75, 3.05) is 33.8 Å². The molecule has 0 radical (unpaired) electrons. The minimum Gasteiger partial charge on any atom is -0.497 e. The summed E-state index contributed by atoms with van der Waals surface area (Å²) in [5, 5.41) is 0. The normalized spacial score (nSPS) is 15.3. The fraction of sp³-hybridized carbons (Fsp3) is 0.440. The van der Waals surface area contributed by atoms with Gasteiger partial charge in [0.25, 0.3) is 0 Å². The Morgan fingerprint density at radius 2 is 1.81 bits per heavy atom. The molecule has 6 nitrogen and oxygen atoms in total. The molecule has 164 valence electrons. The molecule has 0 atom stereocenters. The Hall–Kier alpha value is -2.86. The van der Waals surface area contributed by atoms with Crippen molar-refractivity contribution in [1.82, 2.24) is 19.4 Å². The molecular weight excluding hydrogens is 388 g/mol. The van der Waals surface area contributed by atoms with E-state index >= 15 is 0 Å². The molecule has 2 heterocycles. The number of rotatable bonds is 7. The maximum Gasteiger partial charge on any atom is 0.225 e. The van der Waals surface area contributed by atoms with Crippen molar-refractivity contribution in [2.45, 2.75) is 32.9 Å². The van der Waals surface area contributed by atoms with Gasteiger partial charge >= 0.3 is 0 Å². The van der Waals surface area contributed by atoms with Crippen molar-refractivity contribution in [3.63, 3.8) is 0 Å². The Balaban J connectivity index is 1.50. The van der Waals surface area contributed by atoms with Crippen LogP contribution in [-0.4, -0.2) is 59.0 Å². The predicted molar refractivity (Wildman–Crippen MR) is 123 cm³/mol. The number of hydrogen-bond acceptors (Lipinski definition) is 4. The van der Waals surface area contributed by atoms with E-state index in [2.05, 4.69) is 39.8 Å². The van der Waals surface area contributed by atoms with Gasteiger partial charge in [0.05, 0.1) is 24.7 Å². The van der Waals surface area contributed by atoms with Gasteiger partial charge in [0.15, 0.2) is 0 Å². The molecule has 1 saturated heterocycles. The molecule has 0 unspecified atom stereocenters. The average molecular weight is 421 g/mol. The molecule has 0 bridgehead atoms. The molecule has 4 rings (SSSR count). The first kappa shape index (κ1) is 21.4. The van der Waals surface area contributed by atoms with Crippen LogP contribution in [0.2, 0.25) is 0 Å². The molecule has 1 fully saturated rings. The van der Waals surface area contributed by atoms with E-state index in [1.807, 2.05) is 37.1 Å². The van der Waals surface area contributed by atoms with Gasteiger partial charge in [0.2, 0.25) is 5.91 Å². The summed E-state index contributed by atoms with van der Waals surface area (Å²) in [4.78, 5) is 21.7. The summed E-state index contributed by atoms with van der Waals surface area (Å²) in [5.74, 6) is 2.38. The number of nitrogens with zero attached hydrogens (tertiary/aromatic N) is 4. The van der Waals surface area contributed by atoms with E-state index in [0.29, 0.717) is 0 Å². The number of aromatic nitrogens is 2. The van der Waals surface area contributed by atoms with Gasteiger partial charge in [0, 0.05) is 26.1 Å². The van der Waals surface area contributed by atoms with Crippen molar-refractivity contribution in [3.8, 4) is 5.75 Å². The second-order valence-corrected chi connectivity index (χ2v) is 8.35. The number of carbonyl (C=O) groups is 1. The van der Waals surface area contributed by atoms with Gasteiger partial charge < -0.3 is 14.2 Å². The lowest BCUT2D eigenvalue weighted by Gasteiger charge is -2.32. The molecule has 0 N–H and O–H groups in total. The van der Waals surface area contributed by atoms with Crippen LogP contribution < -0.4 is 4.74 Å². The first-order valence-corrected chi connectivity index (χ1v) is 11.1. The summed E-state index contributed by atoms with van der Waals surface area (Å²) < 4.78 is 7.61. The number of hydrogen-bond donors (Lipinski definition) is 0. The first-order chi connectivity index (χ1) is 15.1. The van der Waals surface area contributed by atoms with Gasteiger partial charge in [-0.25, -0.2) is 4.98 Å². The number of methoxy groups -OCH3 is 1. The third-order valence-corrected chi connectivity index (χ3v) is 6.39. The van der Waals surface area contributed by atoms with Crippen molar-refractivity contribution in [2.24, 2.45) is 5.92 Å². The molecule has 1 aromatic heterocycles. The van der Waals surface area contributed by atoms with E-state index < -0.39 is 0 Å². The van der Waals surface area contributed by atoms with Crippen molar-refractivity contribution < 1.29 is 9.53 Å². The van der Waals surface area contributed by atoms with Crippen LogP contribution in [0.5, 0.6) is 5.75 Å². The number of fused-ring (bicyclic) bond motifs is 1. The average Bonchev–Trinajstić information content (AvgIpc) is 3.16. The molecule has 0 aliphatic carbocycles. The second-order valence-electron chi connectivity index (χ2n) is 8.35. The minimum absolute atomic E-state index is 0.152. The molecule has 3 aromatic rings. The molecular formula is C25H32N4O2. The van der Waals surface area contributed by atoms with Crippen LogP contribution in [0.25, 0.3) is 11.0 Å². The van der Waals surface area contributed by atoms with E-state index in [-0.39, 0.29) is 11.8 Å². The number of carbonyl (C=O) groups excluding carboxylic acids is 1. The summed E-state index contributed by atoms with van der Waals surface area (Å²) >= 11 is 0. The number of para-hydroxylation sites is 2. The van der Waals surface area contributed by atoms with Gasteiger partial charge in [0.1, 0.15) is 11.6 Å². The SMILES string of the molecule is CCN(C)C(=O)C1CCN(Cc2nc3ccccc3n2Cc2ccc(OC)cc2)CC1. The fourth-order valence-electron chi connectivity index (χ4n) is 4.34. The van der Waals surface area contributed by atoms with Crippen LogP contribution in [0.1, 0.15) is 31.2 Å². The predicted octanol–water partition coefficient (Wildman–Crippen LogP) is 3.78. The second kappa shape index (κ2) is 9.52. The zero-order chi connectivity index (χ0) is 21.8. The number of ether oxygens (including phenoxy) is 1. The highest BCUT2D eigenvalue weighted by molar-refractivity contribution is 5.78. The Morgan fingerprint density at radius 3 is 2.48 bits per heavy atom. The lowest BCUT2D eigenvalue weighted by Crippen LogP contribution is -2.41. The fourth-order valence-corrected chi connectivity index (χ4v) is 4.34. The lowest BCUT2D eigenvalue weighted by molar-refractivity contribution is -0.135. The summed E-state index contributed by atoms with van der Waals surface area (Å²) in [5.41, 5.74) is 3.40. The summed E-state index contributed by atoms with van der Waals surface area (Å²) in [6, 6.07) is 16.6. The van der Waals surface area contributed by atoms with Gasteiger partial charge in [-0.05, 0) is 62.7 Å². The van der Waals surface area contributed by atoms with Crippen LogP contribution in [0.15, 0.2) is 48.5 Å². The number of imidazole rings is 1. The van der Waals surface area contributed by atoms with Gasteiger partial charge in [-0.3, -0.25) is 9.69 Å². The quantitative estimate of drug-likeness (QED) is 0.584. The van der Waals surface area contributed by atoms with E-state index in [1.54, 1.807) is 7.11 Å². The van der Waals surface area contributed by atoms with Gasteiger partial charge in [-0.1, -0.05) is 24.3 Å². The highest BCUT2D eigenvalue weighted by Gasteiger charge is 2.27. The smallest absolute Gasteiger partial charge is 0.225 e. The largest absolute Gasteiger partial charge is 0.497 e. The molecule has 6 heteroatoms. The standard InChI is InChI=1S/C25H32N4O2/c1-4-27(2)25(30)20-13-15-28(16-14-20)18-24-26-22-7-5-6-8-23(22)29(24)17-19-9-11-21(31-3)12-10-19/h5-12,20H,4,13-18H2,1-3H3. The summed E-state index contributed by atoms with van der Waals surface area (Å²) in [6.45, 7) is 6.24. The Kier molecular flexibility index (Phi) is 6.56. The zero-order valence-corrected chi connectivity index (χ0v) is 18.8. The number of amides is 1. The van der Waals surface area contributed by atoms with Crippen LogP contribution in [-0.2, 0) is 17.9 Å². The molecule has 1 aliphatic rings. The topological polar surface area (TPSA) is 50.6 Å². The first-order valence-electron chi connectivity index (χ1n) is 11.1. The van der Waals surface area contributed by atoms with Crippen LogP contribution in [0.3, 0.4) is 0 Å². The maximum atomic E-state index is 12.5. The molecule has 1 amide bonds. The van der Waals surface area contributed by atoms with E-state index in [4.69, 9.17) is 9.72 Å². The minimum atomic E-state index is 0.152. The number of likely N-dealkylation sites (tertiary alicyclic amines) is 1. The van der Waals surface area contributed by atoms with E-state index in [9.17, 15) is 4.79 Å². The highest BCUT2D eigenvalue weighted by Crippen LogP contribution is 2.24. The third-order valence-electron chi connectivity index (χ3n) is 6.39. The molecule has 2 aromatic carbocycles. The zero-order valence-electron chi connectivity index (χ0n) is 18.8. The molecule has 1 aliphatic heterocycles. The lowest BCUT2D eigenvalue weighted by atomic mass is 9.95. The third kappa shape index (κ3) is 4.74. The molecule has 0 saturated carbocycles. The highest BCUT2D eigenvalue weighted by atomic mass is 16.5. The maximum absolute atomic E-state index is 12.5. The van der Waals surface area contributed by atoms with Crippen LogP contribution >= 0.6 is 0 Å². The Bertz CT molecular complexity index is 1020. The van der Waals surface area contributed by atoms with Crippen LogP contribution in [0.4, 0.5) is 0 Å². The van der Waals surface area contributed by atoms with Crippen LogP contribution in [0, 0.1) is 5.92 Å². The van der Waals surface area contributed by atoms with E-state index in [0.717, 1.165) is 68.2 Å². The summed E-state index contributed by atoms with van der Waals surface area (Å²) in [6.07, 6.45) is 1.84. The molecule has 0 spiro atoms. The van der Waals surface area contributed by atoms with Crippen molar-refractivity contribution in [3.05, 3.63) is 59.9 Å².